The highest BCUT2D eigenvalue weighted by molar-refractivity contribution is 9.10. The average molecular weight is 437 g/mol. The second-order valence-electron chi connectivity index (χ2n) is 6.81. The molecule has 3 N–H and O–H groups in total. The molecule has 0 unspecified atom stereocenters. The number of rotatable bonds is 5. The zero-order chi connectivity index (χ0) is 19.4. The Morgan fingerprint density at radius 3 is 2.74 bits per heavy atom. The number of carbonyl (C=O) groups is 1. The van der Waals surface area contributed by atoms with Crippen LogP contribution in [0.5, 0.6) is 0 Å². The quantitative estimate of drug-likeness (QED) is 0.754. The van der Waals surface area contributed by atoms with E-state index in [1.165, 1.54) is 4.90 Å². The van der Waals surface area contributed by atoms with E-state index in [1.54, 1.807) is 18.2 Å². The van der Waals surface area contributed by atoms with Crippen molar-refractivity contribution < 1.29 is 19.0 Å². The standard InChI is InChI=1S/C20H22BrFN2O3/c21-16-8-4-7-15(18(16)22)11-17-20(23,13-25)9-10-24(17)19(26)27-12-14-5-2-1-3-6-14/h1-8,17,25H,9-13,23H2/t17-,20+/m0/s1. The number of carbonyl (C=O) groups excluding carboxylic acids is 1. The van der Waals surface area contributed by atoms with Crippen LogP contribution in [0.1, 0.15) is 17.5 Å². The summed E-state index contributed by atoms with van der Waals surface area (Å²) in [4.78, 5) is 14.1. The van der Waals surface area contributed by atoms with Crippen molar-refractivity contribution in [3.8, 4) is 0 Å². The number of amides is 1. The minimum atomic E-state index is -0.999. The maximum absolute atomic E-state index is 14.4. The molecule has 3 rings (SSSR count). The third-order valence-electron chi connectivity index (χ3n) is 5.04. The van der Waals surface area contributed by atoms with Crippen LogP contribution >= 0.6 is 15.9 Å². The average Bonchev–Trinajstić information content (AvgIpc) is 3.01. The van der Waals surface area contributed by atoms with E-state index in [2.05, 4.69) is 15.9 Å². The molecule has 0 radical (unpaired) electrons. The fraction of sp³-hybridized carbons (Fsp3) is 0.350. The molecule has 5 nitrogen and oxygen atoms in total. The summed E-state index contributed by atoms with van der Waals surface area (Å²) >= 11 is 3.17. The monoisotopic (exact) mass is 436 g/mol. The van der Waals surface area contributed by atoms with E-state index in [9.17, 15) is 14.3 Å². The van der Waals surface area contributed by atoms with Crippen molar-refractivity contribution in [2.75, 3.05) is 13.2 Å². The Kier molecular flexibility index (Phi) is 6.14. The van der Waals surface area contributed by atoms with Crippen LogP contribution in [0.25, 0.3) is 0 Å². The molecular formula is C20H22BrFN2O3. The summed E-state index contributed by atoms with van der Waals surface area (Å²) in [5, 5.41) is 9.80. The fourth-order valence-electron chi connectivity index (χ4n) is 3.39. The molecule has 1 fully saturated rings. The number of nitrogens with zero attached hydrogens (tertiary/aromatic N) is 1. The SMILES string of the molecule is N[C@@]1(CO)CCN(C(=O)OCc2ccccc2)[C@H]1Cc1cccc(Br)c1F. The van der Waals surface area contributed by atoms with Gasteiger partial charge in [0.2, 0.25) is 0 Å². The van der Waals surface area contributed by atoms with E-state index in [0.717, 1.165) is 5.56 Å². The van der Waals surface area contributed by atoms with Crippen molar-refractivity contribution in [1.29, 1.82) is 0 Å². The second kappa shape index (κ2) is 8.37. The molecule has 2 atom stereocenters. The van der Waals surface area contributed by atoms with E-state index in [4.69, 9.17) is 10.5 Å². The topological polar surface area (TPSA) is 75.8 Å². The van der Waals surface area contributed by atoms with Crippen LogP contribution in [0.2, 0.25) is 0 Å². The number of hydrogen-bond donors (Lipinski definition) is 2. The van der Waals surface area contributed by atoms with Gasteiger partial charge in [0, 0.05) is 6.54 Å². The van der Waals surface area contributed by atoms with E-state index in [-0.39, 0.29) is 25.5 Å². The molecule has 144 valence electrons. The third-order valence-corrected chi connectivity index (χ3v) is 5.65. The lowest BCUT2D eigenvalue weighted by molar-refractivity contribution is 0.0786. The van der Waals surface area contributed by atoms with Crippen LogP contribution in [0.4, 0.5) is 9.18 Å². The van der Waals surface area contributed by atoms with Gasteiger partial charge in [-0.25, -0.2) is 9.18 Å². The lowest BCUT2D eigenvalue weighted by Crippen LogP contribution is -2.56. The van der Waals surface area contributed by atoms with Crippen molar-refractivity contribution in [1.82, 2.24) is 4.90 Å². The predicted octanol–water partition coefficient (Wildman–Crippen LogP) is 3.23. The molecule has 0 saturated carbocycles. The Labute approximate surface area is 166 Å². The van der Waals surface area contributed by atoms with Gasteiger partial charge in [-0.2, -0.15) is 0 Å². The fourth-order valence-corrected chi connectivity index (χ4v) is 3.80. The smallest absolute Gasteiger partial charge is 0.410 e. The van der Waals surface area contributed by atoms with E-state index in [0.29, 0.717) is 23.0 Å². The number of ether oxygens (including phenoxy) is 1. The van der Waals surface area contributed by atoms with Crippen molar-refractivity contribution in [3.05, 3.63) is 69.9 Å². The molecule has 1 saturated heterocycles. The van der Waals surface area contributed by atoms with Crippen molar-refractivity contribution in [2.45, 2.75) is 31.0 Å². The van der Waals surface area contributed by atoms with Gasteiger partial charge in [0.15, 0.2) is 0 Å². The molecule has 27 heavy (non-hydrogen) atoms. The van der Waals surface area contributed by atoms with Gasteiger partial charge in [-0.15, -0.1) is 0 Å². The van der Waals surface area contributed by atoms with Crippen molar-refractivity contribution in [2.24, 2.45) is 5.73 Å². The van der Waals surface area contributed by atoms with Crippen LogP contribution in [0.15, 0.2) is 53.0 Å². The van der Waals surface area contributed by atoms with Crippen LogP contribution in [0.3, 0.4) is 0 Å². The molecule has 1 aliphatic rings. The Balaban J connectivity index is 1.76. The first-order chi connectivity index (χ1) is 12.9. The minimum absolute atomic E-state index is 0.144. The highest BCUT2D eigenvalue weighted by Crippen LogP contribution is 2.31. The van der Waals surface area contributed by atoms with E-state index >= 15 is 0 Å². The Morgan fingerprint density at radius 2 is 2.04 bits per heavy atom. The summed E-state index contributed by atoms with van der Waals surface area (Å²) in [5.74, 6) is -0.387. The molecule has 1 heterocycles. The molecule has 0 bridgehead atoms. The van der Waals surface area contributed by atoms with Crippen LogP contribution in [0, 0.1) is 5.82 Å². The van der Waals surface area contributed by atoms with Crippen molar-refractivity contribution in [3.63, 3.8) is 0 Å². The Morgan fingerprint density at radius 1 is 1.30 bits per heavy atom. The molecule has 2 aromatic rings. The van der Waals surface area contributed by atoms with Gasteiger partial charge in [-0.1, -0.05) is 42.5 Å². The highest BCUT2D eigenvalue weighted by atomic mass is 79.9. The van der Waals surface area contributed by atoms with Crippen molar-refractivity contribution >= 4 is 22.0 Å². The minimum Gasteiger partial charge on any atom is -0.445 e. The Bertz CT molecular complexity index is 805. The van der Waals surface area contributed by atoms with Crippen LogP contribution in [-0.2, 0) is 17.8 Å². The number of aliphatic hydroxyl groups is 1. The van der Waals surface area contributed by atoms with Crippen LogP contribution in [-0.4, -0.2) is 40.8 Å². The van der Waals surface area contributed by atoms with Gasteiger partial charge >= 0.3 is 6.09 Å². The number of likely N-dealkylation sites (tertiary alicyclic amines) is 1. The predicted molar refractivity (Wildman–Crippen MR) is 104 cm³/mol. The first-order valence-electron chi connectivity index (χ1n) is 8.74. The summed E-state index contributed by atoms with van der Waals surface area (Å²) in [7, 11) is 0. The van der Waals surface area contributed by atoms with Crippen LogP contribution < -0.4 is 5.73 Å². The normalized spacial score (nSPS) is 22.1. The highest BCUT2D eigenvalue weighted by Gasteiger charge is 2.47. The lowest BCUT2D eigenvalue weighted by atomic mass is 9.88. The van der Waals surface area contributed by atoms with E-state index in [1.807, 2.05) is 30.3 Å². The lowest BCUT2D eigenvalue weighted by Gasteiger charge is -2.33. The first kappa shape index (κ1) is 19.8. The zero-order valence-corrected chi connectivity index (χ0v) is 16.4. The number of benzene rings is 2. The summed E-state index contributed by atoms with van der Waals surface area (Å²) in [5.41, 5.74) is 6.65. The zero-order valence-electron chi connectivity index (χ0n) is 14.8. The largest absolute Gasteiger partial charge is 0.445 e. The maximum Gasteiger partial charge on any atom is 0.410 e. The third kappa shape index (κ3) is 4.31. The molecule has 0 spiro atoms. The number of aliphatic hydroxyl groups excluding tert-OH is 1. The van der Waals surface area contributed by atoms with Gasteiger partial charge in [-0.05, 0) is 46.0 Å². The van der Waals surface area contributed by atoms with Gasteiger partial charge in [0.25, 0.3) is 0 Å². The molecule has 7 heteroatoms. The molecule has 2 aromatic carbocycles. The summed E-state index contributed by atoms with van der Waals surface area (Å²) in [6, 6.07) is 13.8. The molecule has 1 amide bonds. The summed E-state index contributed by atoms with van der Waals surface area (Å²) in [6.07, 6.45) is 0.104. The van der Waals surface area contributed by atoms with Gasteiger partial charge in [-0.3, -0.25) is 0 Å². The van der Waals surface area contributed by atoms with Gasteiger partial charge in [0.05, 0.1) is 22.7 Å². The van der Waals surface area contributed by atoms with E-state index < -0.39 is 17.7 Å². The molecule has 0 aromatic heterocycles. The molecular weight excluding hydrogens is 415 g/mol. The molecule has 0 aliphatic carbocycles. The summed E-state index contributed by atoms with van der Waals surface area (Å²) in [6.45, 7) is 0.200. The number of nitrogens with two attached hydrogens (primary N) is 1. The first-order valence-corrected chi connectivity index (χ1v) is 9.54. The maximum atomic E-state index is 14.4. The number of halogens is 2. The number of hydrogen-bond acceptors (Lipinski definition) is 4. The molecule has 1 aliphatic heterocycles. The van der Waals surface area contributed by atoms with Gasteiger partial charge in [0.1, 0.15) is 12.4 Å². The van der Waals surface area contributed by atoms with Gasteiger partial charge < -0.3 is 20.5 Å². The Hall–Kier alpha value is -1.96. The second-order valence-corrected chi connectivity index (χ2v) is 7.66. The summed E-state index contributed by atoms with van der Waals surface area (Å²) < 4.78 is 20.2.